The highest BCUT2D eigenvalue weighted by molar-refractivity contribution is 7.89. The number of piperazine rings is 1. The molecule has 1 aromatic rings. The molecule has 0 saturated carbocycles. The number of nitrogens with one attached hydrogen (secondary N) is 2. The lowest BCUT2D eigenvalue weighted by atomic mass is 10.1. The summed E-state index contributed by atoms with van der Waals surface area (Å²) in [4.78, 5) is 24.0. The van der Waals surface area contributed by atoms with Gasteiger partial charge in [0.1, 0.15) is 6.04 Å². The summed E-state index contributed by atoms with van der Waals surface area (Å²) in [5.74, 6) is 1.69. The Bertz CT molecular complexity index is 871. The Morgan fingerprint density at radius 2 is 2.26 bits per heavy atom. The fourth-order valence-electron chi connectivity index (χ4n) is 3.10. The van der Waals surface area contributed by atoms with Crippen LogP contribution < -0.4 is 10.6 Å². The summed E-state index contributed by atoms with van der Waals surface area (Å²) in [6, 6.07) is 5.12. The third-order valence-corrected chi connectivity index (χ3v) is 6.38. The minimum absolute atomic E-state index is 0.0424. The van der Waals surface area contributed by atoms with Crippen molar-refractivity contribution in [1.29, 1.82) is 0 Å². The highest BCUT2D eigenvalue weighted by atomic mass is 32.2. The molecule has 2 aliphatic heterocycles. The second kappa shape index (κ2) is 8.08. The van der Waals surface area contributed by atoms with Crippen molar-refractivity contribution in [2.75, 3.05) is 26.2 Å². The third kappa shape index (κ3) is 4.30. The van der Waals surface area contributed by atoms with E-state index in [2.05, 4.69) is 16.6 Å². The maximum absolute atomic E-state index is 12.8. The minimum Gasteiger partial charge on any atom is -0.375 e. The highest BCUT2D eigenvalue weighted by Gasteiger charge is 2.30. The van der Waals surface area contributed by atoms with Gasteiger partial charge in [0.25, 0.3) is 5.91 Å². The molecule has 2 N–H and O–H groups in total. The molecular formula is C18H21N3O5S. The molecule has 0 radical (unpaired) electrons. The highest BCUT2D eigenvalue weighted by Crippen LogP contribution is 2.19. The lowest BCUT2D eigenvalue weighted by Gasteiger charge is -2.26. The molecule has 0 bridgehead atoms. The van der Waals surface area contributed by atoms with Crippen LogP contribution in [0.25, 0.3) is 0 Å². The summed E-state index contributed by atoms with van der Waals surface area (Å²) in [5, 5.41) is 5.30. The van der Waals surface area contributed by atoms with Crippen LogP contribution in [0.3, 0.4) is 0 Å². The van der Waals surface area contributed by atoms with Gasteiger partial charge in [0.2, 0.25) is 15.9 Å². The van der Waals surface area contributed by atoms with E-state index in [9.17, 15) is 18.0 Å². The number of hydrogen-bond acceptors (Lipinski definition) is 5. The molecule has 8 nitrogen and oxygen atoms in total. The second-order valence-corrected chi connectivity index (χ2v) is 8.32. The summed E-state index contributed by atoms with van der Waals surface area (Å²) in [6.45, 7) is 0.805. The van der Waals surface area contributed by atoms with Gasteiger partial charge in [0.15, 0.2) is 0 Å². The molecule has 2 aliphatic rings. The van der Waals surface area contributed by atoms with Crippen molar-refractivity contribution in [1.82, 2.24) is 14.9 Å². The molecule has 2 heterocycles. The van der Waals surface area contributed by atoms with Gasteiger partial charge in [-0.25, -0.2) is 8.42 Å². The van der Waals surface area contributed by atoms with E-state index in [1.807, 2.05) is 0 Å². The normalized spacial score (nSPS) is 21.9. The zero-order valence-electron chi connectivity index (χ0n) is 14.7. The molecule has 1 aromatic carbocycles. The molecule has 2 amide bonds. The van der Waals surface area contributed by atoms with Gasteiger partial charge in [-0.3, -0.25) is 9.59 Å². The van der Waals surface area contributed by atoms with Crippen LogP contribution in [0.5, 0.6) is 0 Å². The first-order valence-electron chi connectivity index (χ1n) is 8.67. The Morgan fingerprint density at radius 1 is 1.44 bits per heavy atom. The molecule has 0 aromatic heterocycles. The van der Waals surface area contributed by atoms with Crippen molar-refractivity contribution in [2.45, 2.75) is 29.9 Å². The first kappa shape index (κ1) is 19.4. The van der Waals surface area contributed by atoms with E-state index in [1.165, 1.54) is 24.3 Å². The molecule has 2 atom stereocenters. The smallest absolute Gasteiger partial charge is 0.252 e. The van der Waals surface area contributed by atoms with Crippen LogP contribution >= 0.6 is 0 Å². The van der Waals surface area contributed by atoms with Crippen molar-refractivity contribution in [3.63, 3.8) is 0 Å². The van der Waals surface area contributed by atoms with E-state index in [-0.39, 0.29) is 42.1 Å². The Morgan fingerprint density at radius 3 is 2.93 bits per heavy atom. The molecule has 27 heavy (non-hydrogen) atoms. The maximum atomic E-state index is 12.8. The van der Waals surface area contributed by atoms with Crippen LogP contribution in [-0.2, 0) is 19.6 Å². The van der Waals surface area contributed by atoms with Gasteiger partial charge in [0.05, 0.1) is 17.5 Å². The van der Waals surface area contributed by atoms with Gasteiger partial charge in [-0.15, -0.1) is 6.42 Å². The van der Waals surface area contributed by atoms with Gasteiger partial charge in [-0.1, -0.05) is 12.0 Å². The quantitative estimate of drug-likeness (QED) is 0.672. The number of carbonyl (C=O) groups excluding carboxylic acids is 2. The van der Waals surface area contributed by atoms with Crippen LogP contribution in [0.4, 0.5) is 0 Å². The molecule has 9 heteroatoms. The van der Waals surface area contributed by atoms with Gasteiger partial charge in [-0.2, -0.15) is 4.31 Å². The minimum atomic E-state index is -3.87. The van der Waals surface area contributed by atoms with Crippen LogP contribution in [0.15, 0.2) is 29.2 Å². The van der Waals surface area contributed by atoms with Crippen LogP contribution in [0.1, 0.15) is 23.2 Å². The summed E-state index contributed by atoms with van der Waals surface area (Å²) >= 11 is 0. The lowest BCUT2D eigenvalue weighted by Crippen LogP contribution is -2.49. The molecule has 0 spiro atoms. The van der Waals surface area contributed by atoms with Crippen LogP contribution in [0, 0.1) is 12.3 Å². The summed E-state index contributed by atoms with van der Waals surface area (Å²) < 4.78 is 32.1. The SMILES string of the molecule is C#C[C@H](NC(=O)c1cccc(S(=O)(=O)N2CCNC(=O)C2)c1)[C@H]1CCCO1. The topological polar surface area (TPSA) is 105 Å². The number of ether oxygens (including phenoxy) is 1. The number of carbonyl (C=O) groups is 2. The average Bonchev–Trinajstić information content (AvgIpc) is 3.20. The van der Waals surface area contributed by atoms with Gasteiger partial charge >= 0.3 is 0 Å². The van der Waals surface area contributed by atoms with Crippen LogP contribution in [-0.4, -0.2) is 62.9 Å². The molecule has 0 unspecified atom stereocenters. The predicted molar refractivity (Wildman–Crippen MR) is 97.3 cm³/mol. The molecular weight excluding hydrogens is 370 g/mol. The molecule has 0 aliphatic carbocycles. The van der Waals surface area contributed by atoms with E-state index < -0.39 is 22.0 Å². The van der Waals surface area contributed by atoms with Crippen LogP contribution in [0.2, 0.25) is 0 Å². The molecule has 3 rings (SSSR count). The number of benzene rings is 1. The predicted octanol–water partition coefficient (Wildman–Crippen LogP) is -0.282. The fraction of sp³-hybridized carbons (Fsp3) is 0.444. The number of rotatable bonds is 5. The monoisotopic (exact) mass is 391 g/mol. The second-order valence-electron chi connectivity index (χ2n) is 6.39. The first-order valence-corrected chi connectivity index (χ1v) is 10.1. The Labute approximate surface area is 158 Å². The summed E-state index contributed by atoms with van der Waals surface area (Å²) in [5.41, 5.74) is 0.177. The van der Waals surface area contributed by atoms with Gasteiger partial charge in [-0.05, 0) is 31.0 Å². The standard InChI is InChI=1S/C18H21N3O5S/c1-2-15(16-7-4-10-26-16)20-18(23)13-5-3-6-14(11-13)27(24,25)21-9-8-19-17(22)12-21/h1,3,5-6,11,15-16H,4,7-10,12H2,(H,19,22)(H,20,23)/t15-,16+/m0/s1. The number of amides is 2. The zero-order valence-corrected chi connectivity index (χ0v) is 15.5. The Balaban J connectivity index is 1.77. The van der Waals surface area contributed by atoms with Crippen molar-refractivity contribution in [3.8, 4) is 12.3 Å². The van der Waals surface area contributed by atoms with Gasteiger partial charge < -0.3 is 15.4 Å². The first-order chi connectivity index (χ1) is 12.9. The molecule has 144 valence electrons. The largest absolute Gasteiger partial charge is 0.375 e. The maximum Gasteiger partial charge on any atom is 0.252 e. The van der Waals surface area contributed by atoms with E-state index in [1.54, 1.807) is 0 Å². The number of terminal acetylenes is 1. The summed E-state index contributed by atoms with van der Waals surface area (Å²) in [7, 11) is -3.87. The average molecular weight is 391 g/mol. The number of sulfonamides is 1. The number of nitrogens with zero attached hydrogens (tertiary/aromatic N) is 1. The third-order valence-electron chi connectivity index (χ3n) is 4.54. The van der Waals surface area contributed by atoms with Gasteiger partial charge in [0, 0.05) is 25.3 Å². The Hall–Kier alpha value is -2.41. The lowest BCUT2D eigenvalue weighted by molar-refractivity contribution is -0.122. The van der Waals surface area contributed by atoms with Crippen molar-refractivity contribution < 1.29 is 22.7 Å². The van der Waals surface area contributed by atoms with Crippen molar-refractivity contribution >= 4 is 21.8 Å². The van der Waals surface area contributed by atoms with E-state index in [0.29, 0.717) is 6.61 Å². The number of hydrogen-bond donors (Lipinski definition) is 2. The Kier molecular flexibility index (Phi) is 5.79. The fourth-order valence-corrected chi connectivity index (χ4v) is 4.54. The summed E-state index contributed by atoms with van der Waals surface area (Å²) in [6.07, 6.45) is 6.91. The van der Waals surface area contributed by atoms with E-state index in [4.69, 9.17) is 11.2 Å². The van der Waals surface area contributed by atoms with Crippen molar-refractivity contribution in [2.24, 2.45) is 0 Å². The molecule has 2 saturated heterocycles. The van der Waals surface area contributed by atoms with E-state index >= 15 is 0 Å². The zero-order chi connectivity index (χ0) is 19.4. The van der Waals surface area contributed by atoms with Crippen molar-refractivity contribution in [3.05, 3.63) is 29.8 Å². The molecule has 2 fully saturated rings. The van der Waals surface area contributed by atoms with E-state index in [0.717, 1.165) is 17.1 Å².